The Morgan fingerprint density at radius 1 is 1.30 bits per heavy atom. The summed E-state index contributed by atoms with van der Waals surface area (Å²) in [6.45, 7) is 0.157. The number of aromatic nitrogens is 1. The predicted molar refractivity (Wildman–Crippen MR) is 75.6 cm³/mol. The number of fused-ring (bicyclic) bond motifs is 1. The molecule has 0 saturated carbocycles. The van der Waals surface area contributed by atoms with E-state index in [2.05, 4.69) is 10.3 Å². The van der Waals surface area contributed by atoms with Crippen molar-refractivity contribution in [1.29, 1.82) is 0 Å². The van der Waals surface area contributed by atoms with Crippen LogP contribution in [0.15, 0.2) is 36.5 Å². The number of amides is 2. The molecule has 0 saturated heterocycles. The number of carbonyl (C=O) groups is 2. The molecule has 104 valence electrons. The van der Waals surface area contributed by atoms with Gasteiger partial charge in [-0.25, -0.2) is 4.79 Å². The highest BCUT2D eigenvalue weighted by molar-refractivity contribution is 6.00. The summed E-state index contributed by atoms with van der Waals surface area (Å²) in [5.41, 5.74) is 1.45. The van der Waals surface area contributed by atoms with E-state index < -0.39 is 5.97 Å². The van der Waals surface area contributed by atoms with E-state index >= 15 is 0 Å². The number of carboxylic acid groups (broad SMARTS) is 1. The molecule has 0 aliphatic heterocycles. The zero-order valence-electron chi connectivity index (χ0n) is 11.0. The molecular weight excluding hydrogens is 258 g/mol. The van der Waals surface area contributed by atoms with Gasteiger partial charge in [0.1, 0.15) is 0 Å². The number of rotatable bonds is 4. The van der Waals surface area contributed by atoms with Gasteiger partial charge in [-0.05, 0) is 24.3 Å². The number of anilines is 1. The van der Waals surface area contributed by atoms with Crippen molar-refractivity contribution in [3.8, 4) is 0 Å². The van der Waals surface area contributed by atoms with Crippen molar-refractivity contribution in [2.75, 3.05) is 18.9 Å². The number of carbonyl (C=O) groups excluding carboxylic acids is 1. The summed E-state index contributed by atoms with van der Waals surface area (Å²) in [6, 6.07) is 8.78. The number of carboxylic acids is 1. The number of aliphatic carboxylic acids is 1. The number of nitrogens with zero attached hydrogens (tertiary/aromatic N) is 2. The van der Waals surface area contributed by atoms with E-state index in [1.54, 1.807) is 25.4 Å². The molecule has 0 atom stereocenters. The first-order valence-electron chi connectivity index (χ1n) is 6.15. The highest BCUT2D eigenvalue weighted by Crippen LogP contribution is 2.21. The van der Waals surface area contributed by atoms with Crippen LogP contribution in [-0.4, -0.2) is 40.6 Å². The van der Waals surface area contributed by atoms with Gasteiger partial charge in [-0.1, -0.05) is 6.07 Å². The van der Waals surface area contributed by atoms with Crippen molar-refractivity contribution in [1.82, 2.24) is 9.88 Å². The summed E-state index contributed by atoms with van der Waals surface area (Å²) >= 11 is 0. The third-order valence-corrected chi connectivity index (χ3v) is 2.90. The van der Waals surface area contributed by atoms with E-state index in [1.165, 1.54) is 4.90 Å². The van der Waals surface area contributed by atoms with Crippen LogP contribution in [0.4, 0.5) is 10.5 Å². The Kier molecular flexibility index (Phi) is 4.14. The van der Waals surface area contributed by atoms with Gasteiger partial charge in [-0.15, -0.1) is 0 Å². The van der Waals surface area contributed by atoms with Gasteiger partial charge in [0, 0.05) is 25.2 Å². The molecule has 2 rings (SSSR count). The Balaban J connectivity index is 2.12. The molecule has 0 aliphatic rings. The molecule has 1 heterocycles. The molecule has 6 heteroatoms. The van der Waals surface area contributed by atoms with Crippen molar-refractivity contribution in [3.05, 3.63) is 36.5 Å². The fourth-order valence-electron chi connectivity index (χ4n) is 1.79. The van der Waals surface area contributed by atoms with Crippen LogP contribution in [0.3, 0.4) is 0 Å². The summed E-state index contributed by atoms with van der Waals surface area (Å²) in [5.74, 6) is -0.931. The molecule has 2 N–H and O–H groups in total. The van der Waals surface area contributed by atoms with E-state index in [0.717, 1.165) is 10.9 Å². The van der Waals surface area contributed by atoms with Crippen molar-refractivity contribution in [2.45, 2.75) is 6.42 Å². The minimum atomic E-state index is -0.931. The quantitative estimate of drug-likeness (QED) is 0.894. The lowest BCUT2D eigenvalue weighted by molar-refractivity contribution is -0.137. The molecule has 0 unspecified atom stereocenters. The van der Waals surface area contributed by atoms with Crippen LogP contribution in [0.25, 0.3) is 10.9 Å². The summed E-state index contributed by atoms with van der Waals surface area (Å²) in [6.07, 6.45) is 1.61. The molecule has 0 fully saturated rings. The molecule has 2 aromatic rings. The molecular formula is C14H15N3O3. The van der Waals surface area contributed by atoms with Gasteiger partial charge in [0.25, 0.3) is 0 Å². The lowest BCUT2D eigenvalue weighted by Gasteiger charge is -2.17. The Morgan fingerprint density at radius 2 is 2.10 bits per heavy atom. The first-order chi connectivity index (χ1) is 9.58. The maximum atomic E-state index is 12.0. The molecule has 6 nitrogen and oxygen atoms in total. The van der Waals surface area contributed by atoms with Gasteiger partial charge in [-0.2, -0.15) is 0 Å². The van der Waals surface area contributed by atoms with Gasteiger partial charge >= 0.3 is 12.0 Å². The topological polar surface area (TPSA) is 82.5 Å². The number of urea groups is 1. The van der Waals surface area contributed by atoms with Gasteiger partial charge in [0.2, 0.25) is 0 Å². The SMILES string of the molecule is CN(CCC(=O)O)C(=O)Nc1cccc2ncccc12. The van der Waals surface area contributed by atoms with Crippen LogP contribution in [0.5, 0.6) is 0 Å². The third-order valence-electron chi connectivity index (χ3n) is 2.90. The molecule has 1 aromatic heterocycles. The van der Waals surface area contributed by atoms with Gasteiger partial charge in [-0.3, -0.25) is 9.78 Å². The molecule has 2 amide bonds. The van der Waals surface area contributed by atoms with Crippen LogP contribution >= 0.6 is 0 Å². The zero-order chi connectivity index (χ0) is 14.5. The Hall–Kier alpha value is -2.63. The van der Waals surface area contributed by atoms with Crippen molar-refractivity contribution in [3.63, 3.8) is 0 Å². The fourth-order valence-corrected chi connectivity index (χ4v) is 1.79. The highest BCUT2D eigenvalue weighted by Gasteiger charge is 2.11. The van der Waals surface area contributed by atoms with Crippen molar-refractivity contribution < 1.29 is 14.7 Å². The maximum Gasteiger partial charge on any atom is 0.321 e. The predicted octanol–water partition coefficient (Wildman–Crippen LogP) is 2.17. The molecule has 20 heavy (non-hydrogen) atoms. The average molecular weight is 273 g/mol. The second kappa shape index (κ2) is 6.01. The van der Waals surface area contributed by atoms with Crippen LogP contribution in [0.1, 0.15) is 6.42 Å². The standard InChI is InChI=1S/C14H15N3O3/c1-17(9-7-13(18)19)14(20)16-12-6-2-5-11-10(12)4-3-8-15-11/h2-6,8H,7,9H2,1H3,(H,16,20)(H,18,19). The van der Waals surface area contributed by atoms with E-state index in [4.69, 9.17) is 5.11 Å². The Labute approximate surface area is 116 Å². The number of benzene rings is 1. The minimum Gasteiger partial charge on any atom is -0.481 e. The highest BCUT2D eigenvalue weighted by atomic mass is 16.4. The van der Waals surface area contributed by atoms with E-state index in [-0.39, 0.29) is 19.0 Å². The molecule has 0 spiro atoms. The third kappa shape index (κ3) is 3.23. The summed E-state index contributed by atoms with van der Waals surface area (Å²) in [5, 5.41) is 12.2. The smallest absolute Gasteiger partial charge is 0.321 e. The minimum absolute atomic E-state index is 0.0823. The number of pyridine rings is 1. The number of hydrogen-bond donors (Lipinski definition) is 2. The van der Waals surface area contributed by atoms with Crippen molar-refractivity contribution in [2.24, 2.45) is 0 Å². The summed E-state index contributed by atoms with van der Waals surface area (Å²) in [4.78, 5) is 28.0. The normalized spacial score (nSPS) is 10.2. The second-order valence-corrected chi connectivity index (χ2v) is 4.37. The fraction of sp³-hybridized carbons (Fsp3) is 0.214. The van der Waals surface area contributed by atoms with E-state index in [0.29, 0.717) is 5.69 Å². The van der Waals surface area contributed by atoms with Gasteiger partial charge in [0.05, 0.1) is 17.6 Å². The summed E-state index contributed by atoms with van der Waals surface area (Å²) < 4.78 is 0. The second-order valence-electron chi connectivity index (χ2n) is 4.37. The molecule has 0 bridgehead atoms. The monoisotopic (exact) mass is 273 g/mol. The number of nitrogens with one attached hydrogen (secondary N) is 1. The summed E-state index contributed by atoms with van der Waals surface area (Å²) in [7, 11) is 1.56. The van der Waals surface area contributed by atoms with Crippen LogP contribution in [-0.2, 0) is 4.79 Å². The van der Waals surface area contributed by atoms with E-state index in [9.17, 15) is 9.59 Å². The number of hydrogen-bond acceptors (Lipinski definition) is 3. The molecule has 0 radical (unpaired) electrons. The van der Waals surface area contributed by atoms with Crippen LogP contribution in [0, 0.1) is 0 Å². The van der Waals surface area contributed by atoms with Gasteiger partial charge in [0.15, 0.2) is 0 Å². The average Bonchev–Trinajstić information content (AvgIpc) is 2.45. The lowest BCUT2D eigenvalue weighted by atomic mass is 10.2. The Bertz CT molecular complexity index is 637. The zero-order valence-corrected chi connectivity index (χ0v) is 11.0. The first kappa shape index (κ1) is 13.8. The first-order valence-corrected chi connectivity index (χ1v) is 6.15. The maximum absolute atomic E-state index is 12.0. The molecule has 0 aliphatic carbocycles. The van der Waals surface area contributed by atoms with E-state index in [1.807, 2.05) is 18.2 Å². The van der Waals surface area contributed by atoms with Crippen LogP contribution < -0.4 is 5.32 Å². The van der Waals surface area contributed by atoms with Crippen LogP contribution in [0.2, 0.25) is 0 Å². The van der Waals surface area contributed by atoms with Gasteiger partial charge < -0.3 is 15.3 Å². The largest absolute Gasteiger partial charge is 0.481 e. The lowest BCUT2D eigenvalue weighted by Crippen LogP contribution is -2.33. The Morgan fingerprint density at radius 3 is 2.85 bits per heavy atom. The van der Waals surface area contributed by atoms with Crippen molar-refractivity contribution >= 4 is 28.6 Å². The molecule has 1 aromatic carbocycles.